The predicted molar refractivity (Wildman–Crippen MR) is 115 cm³/mol. The number of rotatable bonds is 7. The number of alkyl halides is 3. The molecule has 0 bridgehead atoms. The van der Waals surface area contributed by atoms with Crippen molar-refractivity contribution in [2.45, 2.75) is 90.1 Å². The standard InChI is InChI=1S/C26H37F3/c1-2-5-20-8-14-23(15-9-20)24-16-10-21(11-17-24)6-3-4-7-22-12-18-25(19-13-22)26(27,28)29/h3,6,12-13,18-21,23-24H,2,4-5,7-11,14-17H2,1H3. The largest absolute Gasteiger partial charge is 0.416 e. The zero-order chi connectivity index (χ0) is 20.7. The molecular weight excluding hydrogens is 369 g/mol. The monoisotopic (exact) mass is 406 g/mol. The highest BCUT2D eigenvalue weighted by Crippen LogP contribution is 2.42. The number of aryl methyl sites for hydroxylation is 1. The molecule has 29 heavy (non-hydrogen) atoms. The zero-order valence-corrected chi connectivity index (χ0v) is 17.9. The Morgan fingerprint density at radius 3 is 2.00 bits per heavy atom. The van der Waals surface area contributed by atoms with Gasteiger partial charge in [0.05, 0.1) is 5.56 Å². The maximum absolute atomic E-state index is 12.6. The SMILES string of the molecule is CCCC1CCC(C2CCC(C=CCCc3ccc(C(F)(F)F)cc3)CC2)CC1. The average Bonchev–Trinajstić information content (AvgIpc) is 2.72. The molecule has 3 rings (SSSR count). The molecular formula is C26H37F3. The minimum absolute atomic E-state index is 0.563. The summed E-state index contributed by atoms with van der Waals surface area (Å²) < 4.78 is 37.8. The Balaban J connectivity index is 1.34. The Morgan fingerprint density at radius 2 is 1.45 bits per heavy atom. The van der Waals surface area contributed by atoms with Crippen molar-refractivity contribution >= 4 is 0 Å². The van der Waals surface area contributed by atoms with E-state index in [1.165, 1.54) is 76.3 Å². The molecule has 1 aromatic carbocycles. The van der Waals surface area contributed by atoms with E-state index < -0.39 is 11.7 Å². The average molecular weight is 407 g/mol. The van der Waals surface area contributed by atoms with Gasteiger partial charge in [0.2, 0.25) is 0 Å². The van der Waals surface area contributed by atoms with E-state index in [0.717, 1.165) is 36.2 Å². The van der Waals surface area contributed by atoms with E-state index in [0.29, 0.717) is 5.92 Å². The van der Waals surface area contributed by atoms with Gasteiger partial charge in [-0.3, -0.25) is 0 Å². The van der Waals surface area contributed by atoms with Crippen LogP contribution < -0.4 is 0 Å². The summed E-state index contributed by atoms with van der Waals surface area (Å²) in [7, 11) is 0. The first-order valence-corrected chi connectivity index (χ1v) is 11.8. The summed E-state index contributed by atoms with van der Waals surface area (Å²) in [5, 5.41) is 0. The molecule has 1 aromatic rings. The van der Waals surface area contributed by atoms with E-state index in [9.17, 15) is 13.2 Å². The van der Waals surface area contributed by atoms with Crippen LogP contribution in [0.5, 0.6) is 0 Å². The molecule has 0 nitrogen and oxygen atoms in total. The molecule has 3 heteroatoms. The highest BCUT2D eigenvalue weighted by Gasteiger charge is 2.30. The van der Waals surface area contributed by atoms with Gasteiger partial charge in [0.15, 0.2) is 0 Å². The van der Waals surface area contributed by atoms with Crippen molar-refractivity contribution in [2.24, 2.45) is 23.7 Å². The normalized spacial score (nSPS) is 28.7. The van der Waals surface area contributed by atoms with Gasteiger partial charge in [-0.15, -0.1) is 0 Å². The van der Waals surface area contributed by atoms with E-state index in [1.807, 2.05) is 0 Å². The fourth-order valence-corrected chi connectivity index (χ4v) is 5.56. The van der Waals surface area contributed by atoms with Crippen LogP contribution in [-0.4, -0.2) is 0 Å². The highest BCUT2D eigenvalue weighted by molar-refractivity contribution is 5.24. The van der Waals surface area contributed by atoms with E-state index >= 15 is 0 Å². The first-order chi connectivity index (χ1) is 14.0. The number of halogens is 3. The fraction of sp³-hybridized carbons (Fsp3) is 0.692. The third-order valence-corrected chi connectivity index (χ3v) is 7.36. The van der Waals surface area contributed by atoms with Crippen molar-refractivity contribution in [1.82, 2.24) is 0 Å². The van der Waals surface area contributed by atoms with Crippen molar-refractivity contribution in [2.75, 3.05) is 0 Å². The van der Waals surface area contributed by atoms with E-state index in [2.05, 4.69) is 19.1 Å². The van der Waals surface area contributed by atoms with Crippen LogP contribution in [0, 0.1) is 23.7 Å². The third kappa shape index (κ3) is 6.89. The van der Waals surface area contributed by atoms with Gasteiger partial charge < -0.3 is 0 Å². The third-order valence-electron chi connectivity index (χ3n) is 7.36. The predicted octanol–water partition coefficient (Wildman–Crippen LogP) is 8.61. The molecule has 0 spiro atoms. The molecule has 0 radical (unpaired) electrons. The smallest absolute Gasteiger partial charge is 0.166 e. The molecule has 0 saturated heterocycles. The molecule has 0 unspecified atom stereocenters. The molecule has 0 heterocycles. The second-order valence-corrected chi connectivity index (χ2v) is 9.41. The van der Waals surface area contributed by atoms with Crippen molar-refractivity contribution in [3.05, 3.63) is 47.5 Å². The molecule has 0 N–H and O–H groups in total. The van der Waals surface area contributed by atoms with Crippen LogP contribution in [-0.2, 0) is 12.6 Å². The van der Waals surface area contributed by atoms with Crippen LogP contribution in [0.15, 0.2) is 36.4 Å². The van der Waals surface area contributed by atoms with Crippen LogP contribution in [0.25, 0.3) is 0 Å². The first-order valence-electron chi connectivity index (χ1n) is 11.8. The van der Waals surface area contributed by atoms with Crippen LogP contribution in [0.4, 0.5) is 13.2 Å². The number of hydrogen-bond donors (Lipinski definition) is 0. The quantitative estimate of drug-likeness (QED) is 0.398. The first kappa shape index (κ1) is 22.4. The second-order valence-electron chi connectivity index (χ2n) is 9.41. The van der Waals surface area contributed by atoms with Crippen LogP contribution in [0.2, 0.25) is 0 Å². The van der Waals surface area contributed by atoms with Gasteiger partial charge in [0.1, 0.15) is 0 Å². The van der Waals surface area contributed by atoms with Crippen LogP contribution in [0.1, 0.15) is 88.7 Å². The Hall–Kier alpha value is -1.25. The molecule has 0 amide bonds. The van der Waals surface area contributed by atoms with Crippen LogP contribution in [0.3, 0.4) is 0 Å². The van der Waals surface area contributed by atoms with E-state index in [1.54, 1.807) is 12.1 Å². The summed E-state index contributed by atoms with van der Waals surface area (Å²) >= 11 is 0. The maximum Gasteiger partial charge on any atom is 0.416 e. The summed E-state index contributed by atoms with van der Waals surface area (Å²) in [6.45, 7) is 2.31. The molecule has 2 saturated carbocycles. The Labute approximate surface area is 175 Å². The summed E-state index contributed by atoms with van der Waals surface area (Å²) in [4.78, 5) is 0. The molecule has 0 aliphatic heterocycles. The topological polar surface area (TPSA) is 0 Å². The lowest BCUT2D eigenvalue weighted by molar-refractivity contribution is -0.137. The van der Waals surface area contributed by atoms with Gasteiger partial charge in [-0.2, -0.15) is 13.2 Å². The van der Waals surface area contributed by atoms with Gasteiger partial charge in [-0.25, -0.2) is 0 Å². The fourth-order valence-electron chi connectivity index (χ4n) is 5.56. The molecule has 2 fully saturated rings. The van der Waals surface area contributed by atoms with Gasteiger partial charge in [0, 0.05) is 0 Å². The Kier molecular flexibility index (Phi) is 8.26. The van der Waals surface area contributed by atoms with Crippen molar-refractivity contribution in [3.63, 3.8) is 0 Å². The van der Waals surface area contributed by atoms with Crippen molar-refractivity contribution < 1.29 is 13.2 Å². The number of allylic oxidation sites excluding steroid dienone is 2. The Morgan fingerprint density at radius 1 is 0.862 bits per heavy atom. The lowest BCUT2D eigenvalue weighted by atomic mass is 9.68. The lowest BCUT2D eigenvalue weighted by Gasteiger charge is -2.37. The molecule has 0 atom stereocenters. The number of hydrogen-bond acceptors (Lipinski definition) is 0. The molecule has 2 aliphatic rings. The highest BCUT2D eigenvalue weighted by atomic mass is 19.4. The molecule has 2 aliphatic carbocycles. The Bertz CT molecular complexity index is 612. The minimum Gasteiger partial charge on any atom is -0.166 e. The summed E-state index contributed by atoms with van der Waals surface area (Å²) in [5.74, 6) is 3.64. The van der Waals surface area contributed by atoms with Crippen molar-refractivity contribution in [3.8, 4) is 0 Å². The van der Waals surface area contributed by atoms with E-state index in [4.69, 9.17) is 0 Å². The maximum atomic E-state index is 12.6. The van der Waals surface area contributed by atoms with Gasteiger partial charge in [-0.05, 0) is 92.7 Å². The number of benzene rings is 1. The second kappa shape index (κ2) is 10.7. The lowest BCUT2D eigenvalue weighted by Crippen LogP contribution is -2.25. The van der Waals surface area contributed by atoms with Gasteiger partial charge >= 0.3 is 6.18 Å². The van der Waals surface area contributed by atoms with Crippen LogP contribution >= 0.6 is 0 Å². The van der Waals surface area contributed by atoms with Gasteiger partial charge in [-0.1, -0.05) is 56.9 Å². The summed E-state index contributed by atoms with van der Waals surface area (Å²) in [6, 6.07) is 5.60. The van der Waals surface area contributed by atoms with Crippen molar-refractivity contribution in [1.29, 1.82) is 0 Å². The summed E-state index contributed by atoms with van der Waals surface area (Å²) in [5.41, 5.74) is 0.414. The minimum atomic E-state index is -4.24. The molecule has 162 valence electrons. The van der Waals surface area contributed by atoms with E-state index in [-0.39, 0.29) is 0 Å². The summed E-state index contributed by atoms with van der Waals surface area (Å²) in [6.07, 6.45) is 16.1. The van der Waals surface area contributed by atoms with Gasteiger partial charge in [0.25, 0.3) is 0 Å². The zero-order valence-electron chi connectivity index (χ0n) is 17.9. The molecule has 0 aromatic heterocycles.